The fourth-order valence-corrected chi connectivity index (χ4v) is 4.42. The number of nitrogens with zero attached hydrogens (tertiary/aromatic N) is 1. The van der Waals surface area contributed by atoms with Crippen molar-refractivity contribution in [2.75, 3.05) is 0 Å². The highest BCUT2D eigenvalue weighted by atomic mass is 16.6. The number of hydrogen-bond donors (Lipinski definition) is 3. The van der Waals surface area contributed by atoms with Crippen LogP contribution in [0.3, 0.4) is 0 Å². The third-order valence-electron chi connectivity index (χ3n) is 6.46. The van der Waals surface area contributed by atoms with Crippen LogP contribution >= 0.6 is 0 Å². The average molecular weight is 524 g/mol. The molecule has 2 atom stereocenters. The normalized spacial score (nSPS) is 14.9. The van der Waals surface area contributed by atoms with E-state index in [1.54, 1.807) is 37.8 Å². The summed E-state index contributed by atoms with van der Waals surface area (Å²) in [7, 11) is 0. The molecule has 0 saturated heterocycles. The van der Waals surface area contributed by atoms with Gasteiger partial charge in [-0.1, -0.05) is 30.3 Å². The van der Waals surface area contributed by atoms with Gasteiger partial charge in [0.05, 0.1) is 0 Å². The quantitative estimate of drug-likeness (QED) is 0.442. The van der Waals surface area contributed by atoms with Crippen LogP contribution < -0.4 is 10.6 Å². The second-order valence-corrected chi connectivity index (χ2v) is 11.4. The van der Waals surface area contributed by atoms with Gasteiger partial charge in [0.2, 0.25) is 11.8 Å². The molecule has 3 rings (SSSR count). The first-order valence-corrected chi connectivity index (χ1v) is 13.2. The van der Waals surface area contributed by atoms with Crippen LogP contribution in [0.2, 0.25) is 0 Å². The molecule has 206 valence electrons. The SMILES string of the molecule is Cc1cccc(C(C(=O)NC(C)C)N(C(=O)C(Cc2ccc(O)cc2)NC(=O)OC(C)(C)C)C2CC2)c1C. The van der Waals surface area contributed by atoms with Crippen molar-refractivity contribution in [1.82, 2.24) is 15.5 Å². The molecular weight excluding hydrogens is 482 g/mol. The largest absolute Gasteiger partial charge is 0.508 e. The second-order valence-electron chi connectivity index (χ2n) is 11.4. The number of ether oxygens (including phenoxy) is 1. The Labute approximate surface area is 225 Å². The number of rotatable bonds is 9. The highest BCUT2D eigenvalue weighted by Gasteiger charge is 2.44. The van der Waals surface area contributed by atoms with Gasteiger partial charge in [0.15, 0.2) is 0 Å². The van der Waals surface area contributed by atoms with Crippen molar-refractivity contribution in [3.05, 3.63) is 64.7 Å². The molecule has 0 radical (unpaired) electrons. The molecule has 8 nitrogen and oxygen atoms in total. The zero-order valence-electron chi connectivity index (χ0n) is 23.5. The number of phenolic OH excluding ortho intramolecular Hbond substituents is 1. The number of aryl methyl sites for hydroxylation is 1. The summed E-state index contributed by atoms with van der Waals surface area (Å²) in [6, 6.07) is 10.2. The Morgan fingerprint density at radius 2 is 1.66 bits per heavy atom. The molecule has 2 aromatic rings. The van der Waals surface area contributed by atoms with Crippen LogP contribution in [0.1, 0.15) is 75.8 Å². The summed E-state index contributed by atoms with van der Waals surface area (Å²) in [6.45, 7) is 13.0. The van der Waals surface area contributed by atoms with Crippen LogP contribution in [0.25, 0.3) is 0 Å². The molecule has 1 saturated carbocycles. The smallest absolute Gasteiger partial charge is 0.408 e. The maximum atomic E-state index is 14.3. The Hall–Kier alpha value is -3.55. The maximum absolute atomic E-state index is 14.3. The van der Waals surface area contributed by atoms with Gasteiger partial charge in [0, 0.05) is 18.5 Å². The molecule has 2 aromatic carbocycles. The zero-order chi connectivity index (χ0) is 28.2. The lowest BCUT2D eigenvalue weighted by molar-refractivity contribution is -0.143. The lowest BCUT2D eigenvalue weighted by Crippen LogP contribution is -2.55. The molecule has 3 N–H and O–H groups in total. The Morgan fingerprint density at radius 3 is 2.21 bits per heavy atom. The van der Waals surface area contributed by atoms with E-state index in [0.29, 0.717) is 0 Å². The van der Waals surface area contributed by atoms with E-state index < -0.39 is 23.8 Å². The van der Waals surface area contributed by atoms with Gasteiger partial charge >= 0.3 is 6.09 Å². The zero-order valence-corrected chi connectivity index (χ0v) is 23.5. The van der Waals surface area contributed by atoms with Crippen molar-refractivity contribution in [1.29, 1.82) is 0 Å². The highest BCUT2D eigenvalue weighted by molar-refractivity contribution is 5.93. The average Bonchev–Trinajstić information content (AvgIpc) is 3.63. The van der Waals surface area contributed by atoms with E-state index in [2.05, 4.69) is 10.6 Å². The van der Waals surface area contributed by atoms with Gasteiger partial charge in [-0.05, 0) is 95.7 Å². The van der Waals surface area contributed by atoms with E-state index in [0.717, 1.165) is 35.1 Å². The Bertz CT molecular complexity index is 1150. The molecule has 0 heterocycles. The van der Waals surface area contributed by atoms with Gasteiger partial charge in [0.1, 0.15) is 23.4 Å². The summed E-state index contributed by atoms with van der Waals surface area (Å²) >= 11 is 0. The maximum Gasteiger partial charge on any atom is 0.408 e. The molecule has 2 unspecified atom stereocenters. The van der Waals surface area contributed by atoms with Gasteiger partial charge in [-0.3, -0.25) is 9.59 Å². The summed E-state index contributed by atoms with van der Waals surface area (Å²) in [5.74, 6) is -0.498. The first-order chi connectivity index (χ1) is 17.8. The van der Waals surface area contributed by atoms with E-state index in [-0.39, 0.29) is 36.1 Å². The number of aromatic hydroxyl groups is 1. The fourth-order valence-electron chi connectivity index (χ4n) is 4.42. The van der Waals surface area contributed by atoms with E-state index in [4.69, 9.17) is 4.74 Å². The van der Waals surface area contributed by atoms with Crippen molar-refractivity contribution in [2.24, 2.45) is 0 Å². The van der Waals surface area contributed by atoms with Gasteiger partial charge in [-0.15, -0.1) is 0 Å². The van der Waals surface area contributed by atoms with Gasteiger partial charge < -0.3 is 25.4 Å². The van der Waals surface area contributed by atoms with Crippen LogP contribution in [-0.4, -0.2) is 51.6 Å². The number of amides is 3. The number of phenols is 1. The molecule has 1 fully saturated rings. The van der Waals surface area contributed by atoms with Crippen LogP contribution in [-0.2, 0) is 20.7 Å². The van der Waals surface area contributed by atoms with Gasteiger partial charge in [-0.25, -0.2) is 4.79 Å². The number of carbonyl (C=O) groups excluding carboxylic acids is 3. The minimum Gasteiger partial charge on any atom is -0.508 e. The second kappa shape index (κ2) is 11.9. The Morgan fingerprint density at radius 1 is 1.03 bits per heavy atom. The highest BCUT2D eigenvalue weighted by Crippen LogP contribution is 2.37. The van der Waals surface area contributed by atoms with Gasteiger partial charge in [0.25, 0.3) is 0 Å². The first-order valence-electron chi connectivity index (χ1n) is 13.2. The number of hydrogen-bond acceptors (Lipinski definition) is 5. The third kappa shape index (κ3) is 7.73. The molecule has 0 bridgehead atoms. The predicted octanol–water partition coefficient (Wildman–Crippen LogP) is 4.70. The Kier molecular flexibility index (Phi) is 9.07. The monoisotopic (exact) mass is 523 g/mol. The topological polar surface area (TPSA) is 108 Å². The number of benzene rings is 2. The standard InChI is InChI=1S/C30H41N3O5/c1-18(2)31-27(35)26(24-10-8-9-19(3)20(24)4)33(22-13-14-22)28(36)25(32-29(37)38-30(5,6)7)17-21-11-15-23(34)16-12-21/h8-12,15-16,18,22,25-26,34H,13-14,17H2,1-7H3,(H,31,35)(H,32,37). The van der Waals surface area contributed by atoms with Crippen molar-refractivity contribution in [3.8, 4) is 5.75 Å². The molecule has 1 aliphatic carbocycles. The van der Waals surface area contributed by atoms with E-state index in [1.807, 2.05) is 45.9 Å². The Balaban J connectivity index is 2.04. The molecule has 3 amide bonds. The molecule has 0 spiro atoms. The van der Waals surface area contributed by atoms with Crippen molar-refractivity contribution in [2.45, 2.75) is 97.5 Å². The van der Waals surface area contributed by atoms with Crippen molar-refractivity contribution < 1.29 is 24.2 Å². The van der Waals surface area contributed by atoms with Crippen LogP contribution in [0.15, 0.2) is 42.5 Å². The van der Waals surface area contributed by atoms with Crippen LogP contribution in [0, 0.1) is 13.8 Å². The van der Waals surface area contributed by atoms with E-state index >= 15 is 0 Å². The van der Waals surface area contributed by atoms with Crippen molar-refractivity contribution >= 4 is 17.9 Å². The summed E-state index contributed by atoms with van der Waals surface area (Å²) < 4.78 is 5.47. The lowest BCUT2D eigenvalue weighted by Gasteiger charge is -2.36. The minimum atomic E-state index is -0.977. The summed E-state index contributed by atoms with van der Waals surface area (Å²) in [5, 5.41) is 15.5. The van der Waals surface area contributed by atoms with Crippen molar-refractivity contribution in [3.63, 3.8) is 0 Å². The molecular formula is C30H41N3O5. The van der Waals surface area contributed by atoms with Crippen LogP contribution in [0.5, 0.6) is 5.75 Å². The summed E-state index contributed by atoms with van der Waals surface area (Å²) in [4.78, 5) is 42.5. The predicted molar refractivity (Wildman–Crippen MR) is 147 cm³/mol. The van der Waals surface area contributed by atoms with Crippen LogP contribution in [0.4, 0.5) is 4.79 Å². The fraction of sp³-hybridized carbons (Fsp3) is 0.500. The molecule has 38 heavy (non-hydrogen) atoms. The molecule has 1 aliphatic rings. The number of nitrogens with one attached hydrogen (secondary N) is 2. The van der Waals surface area contributed by atoms with Gasteiger partial charge in [-0.2, -0.15) is 0 Å². The summed E-state index contributed by atoms with van der Waals surface area (Å²) in [5.41, 5.74) is 2.75. The van der Waals surface area contributed by atoms with E-state index in [1.165, 1.54) is 12.1 Å². The number of alkyl carbamates (subject to hydrolysis) is 1. The minimum absolute atomic E-state index is 0.108. The number of carbonyl (C=O) groups is 3. The molecule has 0 aliphatic heterocycles. The molecule has 8 heteroatoms. The van der Waals surface area contributed by atoms with E-state index in [9.17, 15) is 19.5 Å². The third-order valence-corrected chi connectivity index (χ3v) is 6.46. The molecule has 0 aromatic heterocycles. The first kappa shape index (κ1) is 29.0. The lowest BCUT2D eigenvalue weighted by atomic mass is 9.94. The summed E-state index contributed by atoms with van der Waals surface area (Å²) in [6.07, 6.45) is 1.02.